The topological polar surface area (TPSA) is 37.8 Å². The van der Waals surface area contributed by atoms with Crippen LogP contribution < -0.4 is 5.32 Å². The molecule has 0 saturated heterocycles. The third-order valence-electron chi connectivity index (χ3n) is 3.50. The molecular formula is C12H17BrClN3. The molecule has 0 aliphatic heterocycles. The number of hydrogen-bond donors (Lipinski definition) is 1. The molecule has 3 nitrogen and oxygen atoms in total. The molecule has 1 aliphatic carbocycles. The second-order valence-electron chi connectivity index (χ2n) is 4.77. The first kappa shape index (κ1) is 13.1. The van der Waals surface area contributed by atoms with Gasteiger partial charge >= 0.3 is 0 Å². The number of aromatic nitrogens is 2. The van der Waals surface area contributed by atoms with E-state index in [0.717, 1.165) is 22.7 Å². The predicted molar refractivity (Wildman–Crippen MR) is 74.5 cm³/mol. The molecule has 1 heterocycles. The van der Waals surface area contributed by atoms with E-state index in [-0.39, 0.29) is 5.41 Å². The Morgan fingerprint density at radius 2 is 2.12 bits per heavy atom. The van der Waals surface area contributed by atoms with Crippen molar-refractivity contribution < 1.29 is 0 Å². The molecule has 0 aromatic carbocycles. The van der Waals surface area contributed by atoms with Crippen LogP contribution in [0.15, 0.2) is 17.0 Å². The van der Waals surface area contributed by atoms with Gasteiger partial charge in [0, 0.05) is 24.0 Å². The minimum atomic E-state index is 0.240. The average molecular weight is 319 g/mol. The third kappa shape index (κ3) is 3.32. The normalized spacial score (nSPS) is 18.9. The molecule has 5 heteroatoms. The van der Waals surface area contributed by atoms with E-state index in [9.17, 15) is 0 Å². The number of anilines is 1. The third-order valence-corrected chi connectivity index (χ3v) is 4.64. The van der Waals surface area contributed by atoms with E-state index in [0.29, 0.717) is 0 Å². The first-order valence-electron chi connectivity index (χ1n) is 6.01. The number of hydrogen-bond acceptors (Lipinski definition) is 3. The summed E-state index contributed by atoms with van der Waals surface area (Å²) in [6, 6.07) is 0. The second kappa shape index (κ2) is 6.01. The minimum Gasteiger partial charge on any atom is -0.368 e. The van der Waals surface area contributed by atoms with Crippen LogP contribution in [0, 0.1) is 5.41 Å². The summed E-state index contributed by atoms with van der Waals surface area (Å²) in [5.41, 5.74) is 0.240. The Morgan fingerprint density at radius 3 is 2.76 bits per heavy atom. The molecule has 0 unspecified atom stereocenters. The molecule has 1 aliphatic rings. The summed E-state index contributed by atoms with van der Waals surface area (Å²) >= 11 is 9.60. The lowest BCUT2D eigenvalue weighted by molar-refractivity contribution is 0.238. The molecule has 1 aromatic rings. The average Bonchev–Trinajstić information content (AvgIpc) is 2.39. The fraction of sp³-hybridized carbons (Fsp3) is 0.667. The predicted octanol–water partition coefficient (Wildman–Crippen LogP) is 3.84. The fourth-order valence-corrected chi connectivity index (χ4v) is 3.10. The monoisotopic (exact) mass is 317 g/mol. The number of halogens is 2. The largest absolute Gasteiger partial charge is 0.368 e. The van der Waals surface area contributed by atoms with Crippen molar-refractivity contribution in [1.82, 2.24) is 9.97 Å². The zero-order valence-electron chi connectivity index (χ0n) is 9.75. The highest BCUT2D eigenvalue weighted by atomic mass is 79.9. The molecule has 0 amide bonds. The Hall–Kier alpha value is -0.350. The van der Waals surface area contributed by atoms with Crippen molar-refractivity contribution in [1.29, 1.82) is 0 Å². The van der Waals surface area contributed by atoms with Gasteiger partial charge in [0.15, 0.2) is 0 Å². The van der Waals surface area contributed by atoms with Crippen molar-refractivity contribution >= 4 is 33.3 Å². The van der Waals surface area contributed by atoms with Gasteiger partial charge in [-0.15, -0.1) is 11.6 Å². The van der Waals surface area contributed by atoms with Crippen molar-refractivity contribution in [2.24, 2.45) is 5.41 Å². The molecule has 0 spiro atoms. The first-order valence-corrected chi connectivity index (χ1v) is 7.34. The van der Waals surface area contributed by atoms with E-state index >= 15 is 0 Å². The molecule has 94 valence electrons. The van der Waals surface area contributed by atoms with Crippen LogP contribution in [0.5, 0.6) is 0 Å². The van der Waals surface area contributed by atoms with E-state index in [4.69, 9.17) is 11.6 Å². The van der Waals surface area contributed by atoms with Crippen LogP contribution in [0.1, 0.15) is 32.1 Å². The van der Waals surface area contributed by atoms with Crippen LogP contribution in [-0.2, 0) is 0 Å². The molecule has 1 saturated carbocycles. The number of rotatable bonds is 4. The van der Waals surface area contributed by atoms with Crippen LogP contribution >= 0.6 is 27.5 Å². The van der Waals surface area contributed by atoms with Crippen LogP contribution in [0.2, 0.25) is 0 Å². The Morgan fingerprint density at radius 1 is 1.35 bits per heavy atom. The molecule has 0 atom stereocenters. The van der Waals surface area contributed by atoms with E-state index in [1.165, 1.54) is 32.1 Å². The van der Waals surface area contributed by atoms with E-state index in [1.807, 2.05) is 0 Å². The SMILES string of the molecule is ClCC1(CNc2ncncc2Br)CCCCC1. The maximum atomic E-state index is 6.16. The Labute approximate surface area is 116 Å². The van der Waals surface area contributed by atoms with Gasteiger partial charge in [-0.3, -0.25) is 0 Å². The van der Waals surface area contributed by atoms with Crippen molar-refractivity contribution in [3.63, 3.8) is 0 Å². The summed E-state index contributed by atoms with van der Waals surface area (Å²) in [5, 5.41) is 3.39. The number of alkyl halides is 1. The molecule has 0 bridgehead atoms. The van der Waals surface area contributed by atoms with Crippen molar-refractivity contribution in [2.75, 3.05) is 17.7 Å². The van der Waals surface area contributed by atoms with Crippen LogP contribution in [-0.4, -0.2) is 22.4 Å². The zero-order valence-corrected chi connectivity index (χ0v) is 12.1. The summed E-state index contributed by atoms with van der Waals surface area (Å²) in [6.45, 7) is 0.895. The molecule has 1 N–H and O–H groups in total. The highest BCUT2D eigenvalue weighted by Crippen LogP contribution is 2.37. The van der Waals surface area contributed by atoms with Gasteiger partial charge < -0.3 is 5.32 Å². The van der Waals surface area contributed by atoms with Gasteiger partial charge in [0.1, 0.15) is 12.1 Å². The van der Waals surface area contributed by atoms with E-state index in [2.05, 4.69) is 31.2 Å². The van der Waals surface area contributed by atoms with Crippen molar-refractivity contribution in [3.8, 4) is 0 Å². The summed E-state index contributed by atoms with van der Waals surface area (Å²) in [5.74, 6) is 1.58. The van der Waals surface area contributed by atoms with Gasteiger partial charge in [-0.25, -0.2) is 9.97 Å². The molecular weight excluding hydrogens is 302 g/mol. The van der Waals surface area contributed by atoms with E-state index < -0.39 is 0 Å². The Kier molecular flexibility index (Phi) is 4.62. The summed E-state index contributed by atoms with van der Waals surface area (Å²) in [6.07, 6.45) is 9.66. The van der Waals surface area contributed by atoms with Crippen molar-refractivity contribution in [2.45, 2.75) is 32.1 Å². The van der Waals surface area contributed by atoms with Crippen LogP contribution in [0.4, 0.5) is 5.82 Å². The molecule has 1 aromatic heterocycles. The number of nitrogens with one attached hydrogen (secondary N) is 1. The van der Waals surface area contributed by atoms with Gasteiger partial charge in [0.05, 0.1) is 4.47 Å². The van der Waals surface area contributed by atoms with Gasteiger partial charge in [-0.05, 0) is 28.8 Å². The molecule has 0 radical (unpaired) electrons. The highest BCUT2D eigenvalue weighted by molar-refractivity contribution is 9.10. The lowest BCUT2D eigenvalue weighted by Gasteiger charge is -2.35. The van der Waals surface area contributed by atoms with Gasteiger partial charge in [-0.1, -0.05) is 19.3 Å². The molecule has 2 rings (SSSR count). The molecule has 17 heavy (non-hydrogen) atoms. The van der Waals surface area contributed by atoms with Crippen LogP contribution in [0.3, 0.4) is 0 Å². The number of nitrogens with zero attached hydrogens (tertiary/aromatic N) is 2. The fourth-order valence-electron chi connectivity index (χ4n) is 2.37. The zero-order chi connectivity index (χ0) is 12.1. The van der Waals surface area contributed by atoms with E-state index in [1.54, 1.807) is 12.5 Å². The minimum absolute atomic E-state index is 0.240. The maximum Gasteiger partial charge on any atom is 0.143 e. The quantitative estimate of drug-likeness (QED) is 0.857. The van der Waals surface area contributed by atoms with Crippen molar-refractivity contribution in [3.05, 3.63) is 17.0 Å². The lowest BCUT2D eigenvalue weighted by atomic mass is 9.75. The van der Waals surface area contributed by atoms with Gasteiger partial charge in [0.2, 0.25) is 0 Å². The summed E-state index contributed by atoms with van der Waals surface area (Å²) < 4.78 is 0.903. The van der Waals surface area contributed by atoms with Gasteiger partial charge in [0.25, 0.3) is 0 Å². The smallest absolute Gasteiger partial charge is 0.143 e. The van der Waals surface area contributed by atoms with Gasteiger partial charge in [-0.2, -0.15) is 0 Å². The first-order chi connectivity index (χ1) is 8.26. The standard InChI is InChI=1S/C12H17BrClN3/c13-10-6-15-9-17-11(10)16-8-12(7-14)4-2-1-3-5-12/h6,9H,1-5,7-8H2,(H,15,16,17). The summed E-state index contributed by atoms with van der Waals surface area (Å²) in [4.78, 5) is 8.17. The summed E-state index contributed by atoms with van der Waals surface area (Å²) in [7, 11) is 0. The highest BCUT2D eigenvalue weighted by Gasteiger charge is 2.31. The van der Waals surface area contributed by atoms with Crippen LogP contribution in [0.25, 0.3) is 0 Å². The lowest BCUT2D eigenvalue weighted by Crippen LogP contribution is -2.34. The Balaban J connectivity index is 1.98. The Bertz CT molecular complexity index is 367. The molecule has 1 fully saturated rings. The maximum absolute atomic E-state index is 6.16. The second-order valence-corrected chi connectivity index (χ2v) is 5.89.